The first-order chi connectivity index (χ1) is 18.6. The van der Waals surface area contributed by atoms with E-state index in [2.05, 4.69) is 15.9 Å². The van der Waals surface area contributed by atoms with E-state index in [1.165, 1.54) is 0 Å². The molecule has 0 aromatic heterocycles. The molecule has 0 radical (unpaired) electrons. The van der Waals surface area contributed by atoms with Crippen LogP contribution in [0.3, 0.4) is 0 Å². The van der Waals surface area contributed by atoms with Gasteiger partial charge in [-0.2, -0.15) is 10.1 Å². The third kappa shape index (κ3) is 4.55. The van der Waals surface area contributed by atoms with Gasteiger partial charge >= 0.3 is 0 Å². The van der Waals surface area contributed by atoms with E-state index in [0.29, 0.717) is 17.7 Å². The number of rotatable bonds is 4. The molecule has 6 nitrogen and oxygen atoms in total. The summed E-state index contributed by atoms with van der Waals surface area (Å²) in [7, 11) is 0. The number of fused-ring (bicyclic) bond motifs is 1. The molecule has 0 bridgehead atoms. The van der Waals surface area contributed by atoms with Crippen LogP contribution >= 0.6 is 15.9 Å². The summed E-state index contributed by atoms with van der Waals surface area (Å²) in [6, 6.07) is 36.5. The van der Waals surface area contributed by atoms with Crippen molar-refractivity contribution in [3.05, 3.63) is 142 Å². The van der Waals surface area contributed by atoms with Crippen LogP contribution in [0.1, 0.15) is 45.7 Å². The highest BCUT2D eigenvalue weighted by Gasteiger charge is 2.48. The minimum Gasteiger partial charge on any atom is -0.273 e. The molecule has 2 aliphatic rings. The van der Waals surface area contributed by atoms with E-state index in [4.69, 9.17) is 5.10 Å². The molecule has 1 fully saturated rings. The molecule has 1 saturated heterocycles. The Morgan fingerprint density at radius 3 is 1.97 bits per heavy atom. The van der Waals surface area contributed by atoms with E-state index in [9.17, 15) is 9.59 Å². The molecule has 188 valence electrons. The Labute approximate surface area is 229 Å². The van der Waals surface area contributed by atoms with Crippen LogP contribution in [0.25, 0.3) is 0 Å². The molecule has 0 spiro atoms. The van der Waals surface area contributed by atoms with E-state index in [0.717, 1.165) is 21.2 Å². The lowest BCUT2D eigenvalue weighted by Gasteiger charge is -2.40. The van der Waals surface area contributed by atoms with Gasteiger partial charge in [-0.3, -0.25) is 14.6 Å². The van der Waals surface area contributed by atoms with E-state index >= 15 is 0 Å². The fourth-order valence-electron chi connectivity index (χ4n) is 5.13. The van der Waals surface area contributed by atoms with Crippen molar-refractivity contribution < 1.29 is 9.59 Å². The molecule has 0 N–H and O–H groups in total. The molecule has 6 rings (SSSR count). The average molecular weight is 565 g/mol. The number of hydrogen-bond acceptors (Lipinski definition) is 4. The van der Waals surface area contributed by atoms with Crippen LogP contribution in [-0.2, 0) is 4.79 Å². The molecule has 0 saturated carbocycles. The SMILES string of the molecule is O=C(c1ccccc1)N1N=C(c2ccc(Br)cc2)CN2C(=O)C[C@@H](c3ccccc3)N2[C@H]1c1ccccc1. The van der Waals surface area contributed by atoms with Gasteiger partial charge < -0.3 is 0 Å². The molecule has 2 amide bonds. The number of hydrazine groups is 1. The monoisotopic (exact) mass is 564 g/mol. The largest absolute Gasteiger partial charge is 0.275 e. The molecular formula is C31H25BrN4O2. The van der Waals surface area contributed by atoms with E-state index in [1.54, 1.807) is 22.2 Å². The molecule has 4 aromatic rings. The Morgan fingerprint density at radius 1 is 0.763 bits per heavy atom. The highest BCUT2D eigenvalue weighted by Crippen LogP contribution is 2.43. The van der Waals surface area contributed by atoms with Crippen LogP contribution in [0, 0.1) is 0 Å². The summed E-state index contributed by atoms with van der Waals surface area (Å²) in [5, 5.41) is 10.4. The highest BCUT2D eigenvalue weighted by atomic mass is 79.9. The quantitative estimate of drug-likeness (QED) is 0.296. The second kappa shape index (κ2) is 10.4. The van der Waals surface area contributed by atoms with Gasteiger partial charge in [0, 0.05) is 16.5 Å². The Hall–Kier alpha value is -4.07. The molecular weight excluding hydrogens is 540 g/mol. The Kier molecular flexibility index (Phi) is 6.62. The topological polar surface area (TPSA) is 56.2 Å². The smallest absolute Gasteiger partial charge is 0.273 e. The van der Waals surface area contributed by atoms with Crippen molar-refractivity contribution in [3.8, 4) is 0 Å². The van der Waals surface area contributed by atoms with Crippen molar-refractivity contribution in [3.63, 3.8) is 0 Å². The van der Waals surface area contributed by atoms with E-state index in [-0.39, 0.29) is 24.4 Å². The lowest BCUT2D eigenvalue weighted by atomic mass is 10.0. The van der Waals surface area contributed by atoms with Crippen LogP contribution in [0.4, 0.5) is 0 Å². The van der Waals surface area contributed by atoms with Gasteiger partial charge in [0.25, 0.3) is 5.91 Å². The van der Waals surface area contributed by atoms with Crippen molar-refractivity contribution in [2.75, 3.05) is 6.54 Å². The second-order valence-corrected chi connectivity index (χ2v) is 10.2. The number of carbonyl (C=O) groups is 2. The molecule has 2 heterocycles. The Morgan fingerprint density at radius 2 is 1.34 bits per heavy atom. The number of nitrogens with zero attached hydrogens (tertiary/aromatic N) is 4. The van der Waals surface area contributed by atoms with Gasteiger partial charge in [-0.05, 0) is 41.0 Å². The summed E-state index contributed by atoms with van der Waals surface area (Å²) in [4.78, 5) is 27.8. The van der Waals surface area contributed by atoms with Crippen molar-refractivity contribution in [1.29, 1.82) is 0 Å². The van der Waals surface area contributed by atoms with Crippen LogP contribution in [0.15, 0.2) is 125 Å². The lowest BCUT2D eigenvalue weighted by molar-refractivity contribution is -0.146. The number of hydrazone groups is 1. The standard InChI is InChI=1S/C31H25BrN4O2/c32-26-18-16-22(17-19-26)27-21-34-29(37)20-28(23-10-4-1-5-11-23)36(34)30(24-12-6-2-7-13-24)35(33-27)31(38)25-14-8-3-9-15-25/h1-19,28,30H,20-21H2/t28-,30-/m0/s1. The minimum absolute atomic E-state index is 0.00129. The normalized spacial score (nSPS) is 19.6. The summed E-state index contributed by atoms with van der Waals surface area (Å²) >= 11 is 3.50. The van der Waals surface area contributed by atoms with Crippen LogP contribution in [-0.4, -0.2) is 39.1 Å². The van der Waals surface area contributed by atoms with Gasteiger partial charge in [0.2, 0.25) is 5.91 Å². The molecule has 4 aromatic carbocycles. The van der Waals surface area contributed by atoms with Gasteiger partial charge in [-0.1, -0.05) is 107 Å². The molecule has 7 heteroatoms. The third-order valence-electron chi connectivity index (χ3n) is 6.95. The number of carbonyl (C=O) groups excluding carboxylic acids is 2. The van der Waals surface area contributed by atoms with Gasteiger partial charge in [0.1, 0.15) is 0 Å². The van der Waals surface area contributed by atoms with Crippen LogP contribution in [0.2, 0.25) is 0 Å². The van der Waals surface area contributed by atoms with E-state index in [1.807, 2.05) is 108 Å². The average Bonchev–Trinajstić information content (AvgIpc) is 3.17. The van der Waals surface area contributed by atoms with Crippen molar-refractivity contribution in [1.82, 2.24) is 15.0 Å². The number of halogens is 1. The summed E-state index contributed by atoms with van der Waals surface area (Å²) < 4.78 is 0.942. The zero-order valence-electron chi connectivity index (χ0n) is 20.5. The first kappa shape index (κ1) is 24.3. The Balaban J connectivity index is 1.57. The molecule has 0 unspecified atom stereocenters. The lowest BCUT2D eigenvalue weighted by Crippen LogP contribution is -2.48. The summed E-state index contributed by atoms with van der Waals surface area (Å²) in [6.45, 7) is 0.256. The molecule has 38 heavy (non-hydrogen) atoms. The van der Waals surface area contributed by atoms with Crippen LogP contribution < -0.4 is 0 Å². The number of benzene rings is 4. The maximum atomic E-state index is 14.2. The number of amides is 2. The first-order valence-electron chi connectivity index (χ1n) is 12.5. The maximum absolute atomic E-state index is 14.2. The van der Waals surface area contributed by atoms with Gasteiger partial charge in [-0.15, -0.1) is 0 Å². The first-order valence-corrected chi connectivity index (χ1v) is 13.3. The van der Waals surface area contributed by atoms with Crippen molar-refractivity contribution in [2.24, 2.45) is 5.10 Å². The fourth-order valence-corrected chi connectivity index (χ4v) is 5.39. The molecule has 2 aliphatic heterocycles. The van der Waals surface area contributed by atoms with Gasteiger partial charge in [0.05, 0.1) is 18.3 Å². The van der Waals surface area contributed by atoms with Gasteiger partial charge in [0.15, 0.2) is 6.17 Å². The maximum Gasteiger partial charge on any atom is 0.275 e. The predicted octanol–water partition coefficient (Wildman–Crippen LogP) is 6.20. The van der Waals surface area contributed by atoms with Crippen molar-refractivity contribution in [2.45, 2.75) is 18.6 Å². The molecule has 0 aliphatic carbocycles. The predicted molar refractivity (Wildman–Crippen MR) is 150 cm³/mol. The fraction of sp³-hybridized carbons (Fsp3) is 0.129. The highest BCUT2D eigenvalue weighted by molar-refractivity contribution is 9.10. The third-order valence-corrected chi connectivity index (χ3v) is 7.48. The Bertz CT molecular complexity index is 1480. The van der Waals surface area contributed by atoms with Crippen molar-refractivity contribution >= 4 is 33.5 Å². The summed E-state index contributed by atoms with van der Waals surface area (Å²) in [6.07, 6.45) is -0.317. The van der Waals surface area contributed by atoms with Gasteiger partial charge in [-0.25, -0.2) is 5.01 Å². The minimum atomic E-state index is -0.631. The second-order valence-electron chi connectivity index (χ2n) is 9.32. The summed E-state index contributed by atoms with van der Waals surface area (Å²) in [5.41, 5.74) is 3.92. The summed E-state index contributed by atoms with van der Waals surface area (Å²) in [5.74, 6) is -0.235. The number of hydrogen-bond donors (Lipinski definition) is 0. The molecule has 2 atom stereocenters. The zero-order chi connectivity index (χ0) is 26.1. The van der Waals surface area contributed by atoms with E-state index < -0.39 is 6.17 Å². The zero-order valence-corrected chi connectivity index (χ0v) is 22.1. The van der Waals surface area contributed by atoms with Crippen LogP contribution in [0.5, 0.6) is 0 Å².